The zero-order valence-corrected chi connectivity index (χ0v) is 13.4. The number of aryl methyl sites for hydroxylation is 1. The number of anilines is 1. The molecule has 1 rings (SSSR count). The summed E-state index contributed by atoms with van der Waals surface area (Å²) in [7, 11) is 2.13. The molecule has 0 fully saturated rings. The fraction of sp³-hybridized carbons (Fsp3) is 0.688. The van der Waals surface area contributed by atoms with Crippen LogP contribution in [-0.4, -0.2) is 25.1 Å². The number of hydrogen-bond acceptors (Lipinski definition) is 3. The van der Waals surface area contributed by atoms with Crippen LogP contribution in [0.15, 0.2) is 12.1 Å². The van der Waals surface area contributed by atoms with Crippen molar-refractivity contribution < 1.29 is 0 Å². The average molecular weight is 263 g/mol. The van der Waals surface area contributed by atoms with Gasteiger partial charge in [-0.1, -0.05) is 34.6 Å². The number of aromatic nitrogens is 1. The maximum Gasteiger partial charge on any atom is 0.128 e. The third-order valence-electron chi connectivity index (χ3n) is 2.97. The second kappa shape index (κ2) is 6.90. The van der Waals surface area contributed by atoms with E-state index < -0.39 is 0 Å². The van der Waals surface area contributed by atoms with Gasteiger partial charge in [0.2, 0.25) is 0 Å². The molecule has 108 valence electrons. The average Bonchev–Trinajstić information content (AvgIpc) is 2.33. The molecule has 0 radical (unpaired) electrons. The van der Waals surface area contributed by atoms with E-state index in [1.807, 2.05) is 0 Å². The molecule has 0 saturated carbocycles. The van der Waals surface area contributed by atoms with Crippen LogP contribution in [0.3, 0.4) is 0 Å². The van der Waals surface area contributed by atoms with Gasteiger partial charge in [0, 0.05) is 25.8 Å². The van der Waals surface area contributed by atoms with Crippen molar-refractivity contribution in [3.05, 3.63) is 23.4 Å². The Morgan fingerprint density at radius 3 is 2.42 bits per heavy atom. The molecule has 1 heterocycles. The molecule has 0 aliphatic rings. The number of rotatable bonds is 6. The van der Waals surface area contributed by atoms with Gasteiger partial charge in [0.1, 0.15) is 5.82 Å². The molecule has 3 nitrogen and oxygen atoms in total. The quantitative estimate of drug-likeness (QED) is 0.854. The van der Waals surface area contributed by atoms with Crippen LogP contribution in [0, 0.1) is 5.41 Å². The highest BCUT2D eigenvalue weighted by atomic mass is 15.2. The van der Waals surface area contributed by atoms with E-state index in [9.17, 15) is 0 Å². The molecule has 0 aromatic carbocycles. The van der Waals surface area contributed by atoms with Crippen LogP contribution in [0.1, 0.15) is 45.9 Å². The number of nitrogens with one attached hydrogen (secondary N) is 1. The molecule has 1 N–H and O–H groups in total. The van der Waals surface area contributed by atoms with Crippen LogP contribution in [0.5, 0.6) is 0 Å². The second-order valence-corrected chi connectivity index (χ2v) is 6.38. The molecular formula is C16H29N3. The van der Waals surface area contributed by atoms with Crippen LogP contribution in [-0.2, 0) is 13.0 Å². The highest BCUT2D eigenvalue weighted by Crippen LogP contribution is 2.20. The third-order valence-corrected chi connectivity index (χ3v) is 2.97. The predicted molar refractivity (Wildman–Crippen MR) is 83.7 cm³/mol. The summed E-state index contributed by atoms with van der Waals surface area (Å²) in [6.45, 7) is 14.0. The van der Waals surface area contributed by atoms with Gasteiger partial charge in [-0.2, -0.15) is 0 Å². The summed E-state index contributed by atoms with van der Waals surface area (Å²) in [5.41, 5.74) is 2.77. The highest BCUT2D eigenvalue weighted by molar-refractivity contribution is 5.42. The summed E-state index contributed by atoms with van der Waals surface area (Å²) in [6, 6.07) is 4.41. The lowest BCUT2D eigenvalue weighted by molar-refractivity contribution is 0.417. The van der Waals surface area contributed by atoms with Gasteiger partial charge in [-0.3, -0.25) is 0 Å². The van der Waals surface area contributed by atoms with Crippen molar-refractivity contribution in [2.45, 2.75) is 47.6 Å². The summed E-state index contributed by atoms with van der Waals surface area (Å²) in [5, 5.41) is 3.38. The Hall–Kier alpha value is -1.09. The minimum atomic E-state index is 0.278. The molecule has 0 aliphatic carbocycles. The van der Waals surface area contributed by atoms with Crippen LogP contribution < -0.4 is 10.2 Å². The lowest BCUT2D eigenvalue weighted by Crippen LogP contribution is -2.30. The maximum absolute atomic E-state index is 4.74. The molecule has 0 saturated heterocycles. The number of nitrogens with zero attached hydrogens (tertiary/aromatic N) is 2. The molecule has 1 aromatic rings. The topological polar surface area (TPSA) is 28.2 Å². The van der Waals surface area contributed by atoms with Gasteiger partial charge >= 0.3 is 0 Å². The van der Waals surface area contributed by atoms with Crippen molar-refractivity contribution in [2.75, 3.05) is 25.0 Å². The van der Waals surface area contributed by atoms with Crippen LogP contribution in [0.4, 0.5) is 5.82 Å². The van der Waals surface area contributed by atoms with Gasteiger partial charge in [-0.15, -0.1) is 0 Å². The summed E-state index contributed by atoms with van der Waals surface area (Å²) >= 11 is 0. The van der Waals surface area contributed by atoms with E-state index in [4.69, 9.17) is 4.98 Å². The van der Waals surface area contributed by atoms with Crippen molar-refractivity contribution in [3.8, 4) is 0 Å². The standard InChI is InChI=1S/C16H29N3/c1-7-14-9-13(11-17-8-2)10-15(18-14)19(6)12-16(3,4)5/h9-10,17H,7-8,11-12H2,1-6H3. The van der Waals surface area contributed by atoms with E-state index in [0.29, 0.717) is 0 Å². The normalized spacial score (nSPS) is 11.7. The van der Waals surface area contributed by atoms with Crippen molar-refractivity contribution in [1.82, 2.24) is 10.3 Å². The first-order valence-electron chi connectivity index (χ1n) is 7.27. The van der Waals surface area contributed by atoms with Crippen LogP contribution in [0.25, 0.3) is 0 Å². The zero-order chi connectivity index (χ0) is 14.5. The zero-order valence-electron chi connectivity index (χ0n) is 13.4. The van der Waals surface area contributed by atoms with E-state index in [1.54, 1.807) is 0 Å². The first-order valence-corrected chi connectivity index (χ1v) is 7.27. The monoisotopic (exact) mass is 263 g/mol. The van der Waals surface area contributed by atoms with Gasteiger partial charge in [0.25, 0.3) is 0 Å². The van der Waals surface area contributed by atoms with Crippen molar-refractivity contribution in [3.63, 3.8) is 0 Å². The Morgan fingerprint density at radius 1 is 1.21 bits per heavy atom. The lowest BCUT2D eigenvalue weighted by atomic mass is 9.96. The van der Waals surface area contributed by atoms with Crippen molar-refractivity contribution in [1.29, 1.82) is 0 Å². The summed E-state index contributed by atoms with van der Waals surface area (Å²) < 4.78 is 0. The van der Waals surface area contributed by atoms with Gasteiger partial charge in [-0.05, 0) is 36.1 Å². The summed E-state index contributed by atoms with van der Waals surface area (Å²) in [4.78, 5) is 7.00. The van der Waals surface area contributed by atoms with E-state index in [-0.39, 0.29) is 5.41 Å². The smallest absolute Gasteiger partial charge is 0.128 e. The third kappa shape index (κ3) is 5.60. The second-order valence-electron chi connectivity index (χ2n) is 6.38. The lowest BCUT2D eigenvalue weighted by Gasteiger charge is -2.28. The molecular weight excluding hydrogens is 234 g/mol. The van der Waals surface area contributed by atoms with Crippen molar-refractivity contribution in [2.24, 2.45) is 5.41 Å². The Labute approximate surface area is 118 Å². The van der Waals surface area contributed by atoms with E-state index in [2.05, 4.69) is 64.0 Å². The fourth-order valence-electron chi connectivity index (χ4n) is 2.17. The fourth-order valence-corrected chi connectivity index (χ4v) is 2.17. The molecule has 0 atom stereocenters. The molecule has 0 bridgehead atoms. The van der Waals surface area contributed by atoms with E-state index in [1.165, 1.54) is 11.3 Å². The van der Waals surface area contributed by atoms with Gasteiger partial charge in [-0.25, -0.2) is 4.98 Å². The molecule has 0 unspecified atom stereocenters. The highest BCUT2D eigenvalue weighted by Gasteiger charge is 2.15. The minimum Gasteiger partial charge on any atom is -0.359 e. The number of pyridine rings is 1. The predicted octanol–water partition coefficient (Wildman–Crippen LogP) is 3.24. The molecule has 0 aliphatic heterocycles. The molecule has 0 amide bonds. The Balaban J connectivity index is 2.92. The minimum absolute atomic E-state index is 0.278. The summed E-state index contributed by atoms with van der Waals surface area (Å²) in [5.74, 6) is 1.09. The van der Waals surface area contributed by atoms with Gasteiger partial charge in [0.15, 0.2) is 0 Å². The van der Waals surface area contributed by atoms with Gasteiger partial charge in [0.05, 0.1) is 0 Å². The molecule has 1 aromatic heterocycles. The SMILES string of the molecule is CCNCc1cc(CC)nc(N(C)CC(C)(C)C)c1. The van der Waals surface area contributed by atoms with Crippen molar-refractivity contribution >= 4 is 5.82 Å². The molecule has 0 spiro atoms. The largest absolute Gasteiger partial charge is 0.359 e. The first-order chi connectivity index (χ1) is 8.85. The first kappa shape index (κ1) is 16.0. The Kier molecular flexibility index (Phi) is 5.80. The van der Waals surface area contributed by atoms with Gasteiger partial charge < -0.3 is 10.2 Å². The molecule has 3 heteroatoms. The number of hydrogen-bond donors (Lipinski definition) is 1. The Bertz CT molecular complexity index is 393. The van der Waals surface area contributed by atoms with E-state index >= 15 is 0 Å². The van der Waals surface area contributed by atoms with E-state index in [0.717, 1.165) is 31.9 Å². The maximum atomic E-state index is 4.74. The van der Waals surface area contributed by atoms with Crippen LogP contribution in [0.2, 0.25) is 0 Å². The van der Waals surface area contributed by atoms with Crippen LogP contribution >= 0.6 is 0 Å². The Morgan fingerprint density at radius 2 is 1.89 bits per heavy atom. The molecule has 19 heavy (non-hydrogen) atoms. The summed E-state index contributed by atoms with van der Waals surface area (Å²) in [6.07, 6.45) is 0.982.